The summed E-state index contributed by atoms with van der Waals surface area (Å²) in [6, 6.07) is 0. The van der Waals surface area contributed by atoms with E-state index in [2.05, 4.69) is 47.6 Å². The summed E-state index contributed by atoms with van der Waals surface area (Å²) in [4.78, 5) is 7.09. The Labute approximate surface area is 137 Å². The van der Waals surface area contributed by atoms with Crippen LogP contribution in [-0.2, 0) is 0 Å². The van der Waals surface area contributed by atoms with Gasteiger partial charge < -0.3 is 0 Å². The molecule has 0 aromatic rings. The van der Waals surface area contributed by atoms with Crippen LogP contribution in [0, 0.1) is 0 Å². The summed E-state index contributed by atoms with van der Waals surface area (Å²) >= 11 is 0. The van der Waals surface area contributed by atoms with Crippen LogP contribution < -0.4 is 0 Å². The van der Waals surface area contributed by atoms with Crippen LogP contribution in [0.4, 0.5) is 0 Å². The molecule has 3 nitrogen and oxygen atoms in total. The monoisotopic (exact) mass is 303 g/mol. The van der Waals surface area contributed by atoms with Crippen LogP contribution in [0.1, 0.15) is 0 Å². The van der Waals surface area contributed by atoms with Crippen molar-refractivity contribution >= 4 is 0 Å². The predicted molar refractivity (Wildman–Crippen MR) is 100 cm³/mol. The quantitative estimate of drug-likeness (QED) is 0.406. The molecule has 0 N–H and O–H groups in total. The van der Waals surface area contributed by atoms with E-state index in [1.807, 2.05) is 30.4 Å². The van der Waals surface area contributed by atoms with Gasteiger partial charge in [0.15, 0.2) is 0 Å². The van der Waals surface area contributed by atoms with E-state index >= 15 is 0 Å². The lowest BCUT2D eigenvalue weighted by Crippen LogP contribution is -2.40. The zero-order chi connectivity index (χ0) is 16.6. The van der Waals surface area contributed by atoms with Crippen molar-refractivity contribution in [1.29, 1.82) is 0 Å². The van der Waals surface area contributed by atoms with Crippen molar-refractivity contribution in [2.45, 2.75) is 0 Å². The molecular weight excluding hydrogens is 270 g/mol. The molecule has 0 heterocycles. The summed E-state index contributed by atoms with van der Waals surface area (Å²) in [5, 5.41) is 0. The van der Waals surface area contributed by atoms with Gasteiger partial charge in [0.2, 0.25) is 0 Å². The fourth-order valence-electron chi connectivity index (χ4n) is 2.29. The Kier molecular flexibility index (Phi) is 13.6. The minimum absolute atomic E-state index is 0.896. The molecule has 0 aromatic carbocycles. The number of hydrogen-bond acceptors (Lipinski definition) is 3. The van der Waals surface area contributed by atoms with Gasteiger partial charge in [-0.05, 0) is 0 Å². The standard InChI is InChI=1S/C19H33N3/c1-6-11-20(12-7-2)16-18-22(15-10-5)19-17-21(13-8-3)14-9-4/h6-10H,1-5,11-19H2. The van der Waals surface area contributed by atoms with Gasteiger partial charge in [-0.25, -0.2) is 0 Å². The molecule has 3 heteroatoms. The molecule has 0 amide bonds. The lowest BCUT2D eigenvalue weighted by molar-refractivity contribution is 0.210. The molecule has 22 heavy (non-hydrogen) atoms. The zero-order valence-corrected chi connectivity index (χ0v) is 14.1. The fraction of sp³-hybridized carbons (Fsp3) is 0.474. The van der Waals surface area contributed by atoms with Gasteiger partial charge in [0.05, 0.1) is 0 Å². The van der Waals surface area contributed by atoms with E-state index in [0.29, 0.717) is 0 Å². The van der Waals surface area contributed by atoms with Crippen molar-refractivity contribution in [1.82, 2.24) is 14.7 Å². The van der Waals surface area contributed by atoms with Crippen molar-refractivity contribution < 1.29 is 0 Å². The Morgan fingerprint density at radius 1 is 0.409 bits per heavy atom. The van der Waals surface area contributed by atoms with Gasteiger partial charge in [0.1, 0.15) is 0 Å². The highest BCUT2D eigenvalue weighted by Gasteiger charge is 2.08. The Bertz CT molecular complexity index is 288. The van der Waals surface area contributed by atoms with E-state index < -0.39 is 0 Å². The molecule has 0 saturated heterocycles. The van der Waals surface area contributed by atoms with E-state index in [1.54, 1.807) is 0 Å². The summed E-state index contributed by atoms with van der Waals surface area (Å²) in [5.41, 5.74) is 0. The van der Waals surface area contributed by atoms with Gasteiger partial charge in [-0.3, -0.25) is 14.7 Å². The lowest BCUT2D eigenvalue weighted by Gasteiger charge is -2.28. The van der Waals surface area contributed by atoms with Gasteiger partial charge in [-0.1, -0.05) is 30.4 Å². The highest BCUT2D eigenvalue weighted by molar-refractivity contribution is 4.83. The maximum atomic E-state index is 3.87. The maximum Gasteiger partial charge on any atom is 0.0164 e. The lowest BCUT2D eigenvalue weighted by atomic mass is 10.3. The van der Waals surface area contributed by atoms with Gasteiger partial charge >= 0.3 is 0 Å². The minimum Gasteiger partial charge on any atom is -0.297 e. The fourth-order valence-corrected chi connectivity index (χ4v) is 2.29. The molecule has 0 aromatic heterocycles. The SMILES string of the molecule is C=CCN(CC=C)CCN(CC=C)CCN(CC=C)CC=C. The van der Waals surface area contributed by atoms with E-state index in [1.165, 1.54) is 0 Å². The van der Waals surface area contributed by atoms with Crippen LogP contribution >= 0.6 is 0 Å². The Balaban J connectivity index is 4.34. The number of rotatable bonds is 16. The Hall–Kier alpha value is -1.42. The van der Waals surface area contributed by atoms with Gasteiger partial charge in [-0.15, -0.1) is 32.9 Å². The van der Waals surface area contributed by atoms with Gasteiger partial charge in [0, 0.05) is 58.9 Å². The zero-order valence-electron chi connectivity index (χ0n) is 14.1. The van der Waals surface area contributed by atoms with E-state index in [-0.39, 0.29) is 0 Å². The molecule has 0 fully saturated rings. The highest BCUT2D eigenvalue weighted by atomic mass is 15.2. The summed E-state index contributed by atoms with van der Waals surface area (Å²) < 4.78 is 0. The molecule has 0 atom stereocenters. The first kappa shape index (κ1) is 20.6. The second-order valence-electron chi connectivity index (χ2n) is 5.26. The first-order valence-electron chi connectivity index (χ1n) is 7.93. The predicted octanol–water partition coefficient (Wildman–Crippen LogP) is 2.82. The summed E-state index contributed by atoms with van der Waals surface area (Å²) in [6.45, 7) is 27.7. The van der Waals surface area contributed by atoms with Crippen molar-refractivity contribution in [2.75, 3.05) is 58.9 Å². The summed E-state index contributed by atoms with van der Waals surface area (Å²) in [5.74, 6) is 0. The largest absolute Gasteiger partial charge is 0.297 e. The van der Waals surface area contributed by atoms with Crippen LogP contribution in [0.3, 0.4) is 0 Å². The number of nitrogens with zero attached hydrogens (tertiary/aromatic N) is 3. The second kappa shape index (κ2) is 14.5. The summed E-state index contributed by atoms with van der Waals surface area (Å²) in [6.07, 6.45) is 9.74. The molecule has 124 valence electrons. The van der Waals surface area contributed by atoms with E-state index in [0.717, 1.165) is 58.9 Å². The molecule has 0 radical (unpaired) electrons. The molecule has 0 rings (SSSR count). The Morgan fingerprint density at radius 3 is 0.909 bits per heavy atom. The van der Waals surface area contributed by atoms with Crippen molar-refractivity contribution in [2.24, 2.45) is 0 Å². The smallest absolute Gasteiger partial charge is 0.0164 e. The molecular formula is C19H33N3. The average molecular weight is 303 g/mol. The van der Waals surface area contributed by atoms with Crippen LogP contribution in [0.2, 0.25) is 0 Å². The Morgan fingerprint density at radius 2 is 0.636 bits per heavy atom. The van der Waals surface area contributed by atoms with Crippen molar-refractivity contribution in [3.63, 3.8) is 0 Å². The topological polar surface area (TPSA) is 9.72 Å². The summed E-state index contributed by atoms with van der Waals surface area (Å²) in [7, 11) is 0. The second-order valence-corrected chi connectivity index (χ2v) is 5.26. The first-order valence-corrected chi connectivity index (χ1v) is 7.93. The van der Waals surface area contributed by atoms with Gasteiger partial charge in [-0.2, -0.15) is 0 Å². The van der Waals surface area contributed by atoms with Crippen molar-refractivity contribution in [3.05, 3.63) is 63.3 Å². The highest BCUT2D eigenvalue weighted by Crippen LogP contribution is 1.97. The van der Waals surface area contributed by atoms with Crippen LogP contribution in [0.25, 0.3) is 0 Å². The van der Waals surface area contributed by atoms with Crippen molar-refractivity contribution in [3.8, 4) is 0 Å². The molecule has 0 spiro atoms. The third kappa shape index (κ3) is 10.3. The van der Waals surface area contributed by atoms with E-state index in [4.69, 9.17) is 0 Å². The normalized spacial score (nSPS) is 10.9. The van der Waals surface area contributed by atoms with Crippen LogP contribution in [0.5, 0.6) is 0 Å². The molecule has 0 aliphatic rings. The molecule has 0 bridgehead atoms. The average Bonchev–Trinajstić information content (AvgIpc) is 2.50. The maximum absolute atomic E-state index is 3.87. The minimum atomic E-state index is 0.896. The molecule has 0 unspecified atom stereocenters. The third-order valence-corrected chi connectivity index (χ3v) is 3.40. The van der Waals surface area contributed by atoms with Crippen LogP contribution in [-0.4, -0.2) is 73.6 Å². The first-order chi connectivity index (χ1) is 10.7. The molecule has 0 aliphatic heterocycles. The molecule has 0 saturated carbocycles. The van der Waals surface area contributed by atoms with E-state index in [9.17, 15) is 0 Å². The third-order valence-electron chi connectivity index (χ3n) is 3.40. The van der Waals surface area contributed by atoms with Gasteiger partial charge in [0.25, 0.3) is 0 Å². The van der Waals surface area contributed by atoms with Crippen LogP contribution in [0.15, 0.2) is 63.3 Å². The molecule has 0 aliphatic carbocycles. The number of hydrogen-bond donors (Lipinski definition) is 0.